The van der Waals surface area contributed by atoms with Crippen LogP contribution >= 0.6 is 12.2 Å². The van der Waals surface area contributed by atoms with Crippen LogP contribution in [0.25, 0.3) is 0 Å². The van der Waals surface area contributed by atoms with E-state index in [2.05, 4.69) is 22.5 Å². The Bertz CT molecular complexity index is 191. The lowest BCUT2D eigenvalue weighted by atomic mass is 10.2. The van der Waals surface area contributed by atoms with Crippen LogP contribution in [0.4, 0.5) is 0 Å². The molecule has 0 unspecified atom stereocenters. The van der Waals surface area contributed by atoms with E-state index in [-0.39, 0.29) is 5.11 Å². The molecule has 0 saturated heterocycles. The van der Waals surface area contributed by atoms with Gasteiger partial charge in [0.2, 0.25) is 0 Å². The van der Waals surface area contributed by atoms with Crippen LogP contribution < -0.4 is 16.4 Å². The van der Waals surface area contributed by atoms with Crippen molar-refractivity contribution in [3.8, 4) is 0 Å². The predicted octanol–water partition coefficient (Wildman–Crippen LogP) is 0.975. The van der Waals surface area contributed by atoms with Crippen molar-refractivity contribution in [2.24, 2.45) is 10.7 Å². The third-order valence-electron chi connectivity index (χ3n) is 1.79. The SMILES string of the molecule is CCCCCCNC(=NC)NC(N)=S. The monoisotopic (exact) mass is 216 g/mol. The summed E-state index contributed by atoms with van der Waals surface area (Å²) >= 11 is 4.70. The summed E-state index contributed by atoms with van der Waals surface area (Å²) in [6.07, 6.45) is 4.92. The number of guanidine groups is 1. The Balaban J connectivity index is 3.49. The molecule has 0 aliphatic heterocycles. The molecule has 0 heterocycles. The minimum Gasteiger partial charge on any atom is -0.376 e. The summed E-state index contributed by atoms with van der Waals surface area (Å²) in [5.41, 5.74) is 5.32. The van der Waals surface area contributed by atoms with Crippen molar-refractivity contribution < 1.29 is 0 Å². The van der Waals surface area contributed by atoms with E-state index in [9.17, 15) is 0 Å². The average molecular weight is 216 g/mol. The van der Waals surface area contributed by atoms with Crippen LogP contribution in [0.5, 0.6) is 0 Å². The van der Waals surface area contributed by atoms with Crippen molar-refractivity contribution in [2.45, 2.75) is 32.6 Å². The van der Waals surface area contributed by atoms with E-state index < -0.39 is 0 Å². The van der Waals surface area contributed by atoms with E-state index >= 15 is 0 Å². The highest BCUT2D eigenvalue weighted by molar-refractivity contribution is 7.80. The van der Waals surface area contributed by atoms with Gasteiger partial charge in [0.25, 0.3) is 0 Å². The maximum Gasteiger partial charge on any atom is 0.197 e. The van der Waals surface area contributed by atoms with Crippen molar-refractivity contribution in [3.63, 3.8) is 0 Å². The molecule has 0 aromatic rings. The van der Waals surface area contributed by atoms with E-state index in [0.29, 0.717) is 5.96 Å². The second-order valence-electron chi connectivity index (χ2n) is 3.05. The fourth-order valence-corrected chi connectivity index (χ4v) is 1.15. The lowest BCUT2D eigenvalue weighted by Gasteiger charge is -2.09. The van der Waals surface area contributed by atoms with Crippen molar-refractivity contribution in [1.29, 1.82) is 0 Å². The zero-order chi connectivity index (χ0) is 10.8. The molecule has 4 nitrogen and oxygen atoms in total. The highest BCUT2D eigenvalue weighted by Crippen LogP contribution is 1.96. The zero-order valence-electron chi connectivity index (χ0n) is 8.97. The Labute approximate surface area is 91.4 Å². The van der Waals surface area contributed by atoms with E-state index in [1.54, 1.807) is 7.05 Å². The number of nitrogens with two attached hydrogens (primary N) is 1. The van der Waals surface area contributed by atoms with Gasteiger partial charge >= 0.3 is 0 Å². The topological polar surface area (TPSA) is 62.4 Å². The molecule has 82 valence electrons. The summed E-state index contributed by atoms with van der Waals surface area (Å²) in [5, 5.41) is 6.14. The first-order chi connectivity index (χ1) is 6.70. The highest BCUT2D eigenvalue weighted by Gasteiger charge is 1.96. The Morgan fingerprint density at radius 3 is 2.57 bits per heavy atom. The fraction of sp³-hybridized carbons (Fsp3) is 0.778. The lowest BCUT2D eigenvalue weighted by Crippen LogP contribution is -2.43. The molecule has 0 bridgehead atoms. The maximum absolute atomic E-state index is 5.32. The van der Waals surface area contributed by atoms with Crippen molar-refractivity contribution in [2.75, 3.05) is 13.6 Å². The molecule has 14 heavy (non-hydrogen) atoms. The lowest BCUT2D eigenvalue weighted by molar-refractivity contribution is 0.651. The first-order valence-electron chi connectivity index (χ1n) is 4.97. The quantitative estimate of drug-likeness (QED) is 0.277. The number of nitrogens with one attached hydrogen (secondary N) is 2. The Morgan fingerprint density at radius 2 is 2.07 bits per heavy atom. The molecule has 4 N–H and O–H groups in total. The number of aliphatic imine (C=N–C) groups is 1. The summed E-state index contributed by atoms with van der Waals surface area (Å²) in [7, 11) is 1.69. The number of nitrogens with zero attached hydrogens (tertiary/aromatic N) is 1. The largest absolute Gasteiger partial charge is 0.376 e. The second kappa shape index (κ2) is 8.74. The molecular weight excluding hydrogens is 196 g/mol. The van der Waals surface area contributed by atoms with E-state index in [4.69, 9.17) is 18.0 Å². The molecule has 0 aliphatic rings. The van der Waals surface area contributed by atoms with E-state index in [1.807, 2.05) is 0 Å². The van der Waals surface area contributed by atoms with Gasteiger partial charge in [0, 0.05) is 13.6 Å². The van der Waals surface area contributed by atoms with Crippen LogP contribution in [0.1, 0.15) is 32.6 Å². The van der Waals surface area contributed by atoms with Gasteiger partial charge in [0.1, 0.15) is 0 Å². The van der Waals surface area contributed by atoms with Gasteiger partial charge in [-0.15, -0.1) is 0 Å². The second-order valence-corrected chi connectivity index (χ2v) is 3.49. The number of thiocarbonyl (C=S) groups is 1. The first-order valence-corrected chi connectivity index (χ1v) is 5.38. The number of rotatable bonds is 5. The van der Waals surface area contributed by atoms with Gasteiger partial charge in [-0.1, -0.05) is 26.2 Å². The summed E-state index contributed by atoms with van der Waals surface area (Å²) in [4.78, 5) is 3.97. The highest BCUT2D eigenvalue weighted by atomic mass is 32.1. The first kappa shape index (κ1) is 13.2. The molecule has 0 aromatic heterocycles. The van der Waals surface area contributed by atoms with Crippen LogP contribution in [0.2, 0.25) is 0 Å². The summed E-state index contributed by atoms with van der Waals surface area (Å²) in [6.45, 7) is 3.10. The molecule has 0 radical (unpaired) electrons. The number of unbranched alkanes of at least 4 members (excludes halogenated alkanes) is 3. The molecule has 0 spiro atoms. The molecule has 0 amide bonds. The van der Waals surface area contributed by atoms with Crippen LogP contribution in [0.15, 0.2) is 4.99 Å². The van der Waals surface area contributed by atoms with Gasteiger partial charge in [-0.25, -0.2) is 0 Å². The van der Waals surface area contributed by atoms with Gasteiger partial charge < -0.3 is 16.4 Å². The molecule has 0 rings (SSSR count). The van der Waals surface area contributed by atoms with Gasteiger partial charge in [-0.2, -0.15) is 0 Å². The molecule has 5 heteroatoms. The standard InChI is InChI=1S/C9H20N4S/c1-3-4-5-6-7-12-9(11-2)13-8(10)14/h3-7H2,1-2H3,(H4,10,11,12,13,14). The third-order valence-corrected chi connectivity index (χ3v) is 1.89. The number of hydrogen-bond donors (Lipinski definition) is 3. The van der Waals surface area contributed by atoms with Crippen LogP contribution in [0.3, 0.4) is 0 Å². The fourth-order valence-electron chi connectivity index (χ4n) is 1.05. The minimum atomic E-state index is 0.242. The van der Waals surface area contributed by atoms with Gasteiger partial charge in [-0.3, -0.25) is 4.99 Å². The molecule has 0 aliphatic carbocycles. The number of hydrogen-bond acceptors (Lipinski definition) is 2. The van der Waals surface area contributed by atoms with Crippen LogP contribution in [-0.2, 0) is 0 Å². The zero-order valence-corrected chi connectivity index (χ0v) is 9.78. The average Bonchev–Trinajstić information content (AvgIpc) is 2.15. The van der Waals surface area contributed by atoms with Crippen LogP contribution in [0, 0.1) is 0 Å². The minimum absolute atomic E-state index is 0.242. The molecule has 0 saturated carbocycles. The van der Waals surface area contributed by atoms with Crippen molar-refractivity contribution >= 4 is 23.3 Å². The van der Waals surface area contributed by atoms with Gasteiger partial charge in [0.05, 0.1) is 0 Å². The normalized spacial score (nSPS) is 11.1. The van der Waals surface area contributed by atoms with E-state index in [0.717, 1.165) is 13.0 Å². The summed E-state index contributed by atoms with van der Waals surface area (Å²) < 4.78 is 0. The van der Waals surface area contributed by atoms with Crippen molar-refractivity contribution in [3.05, 3.63) is 0 Å². The maximum atomic E-state index is 5.32. The van der Waals surface area contributed by atoms with Gasteiger partial charge in [-0.05, 0) is 18.6 Å². The molecular formula is C9H20N4S. The summed E-state index contributed by atoms with van der Waals surface area (Å²) in [6, 6.07) is 0. The molecule has 0 atom stereocenters. The van der Waals surface area contributed by atoms with Gasteiger partial charge in [0.15, 0.2) is 11.1 Å². The molecule has 0 fully saturated rings. The Hall–Kier alpha value is -0.840. The predicted molar refractivity (Wildman–Crippen MR) is 65.4 cm³/mol. The third kappa shape index (κ3) is 7.79. The summed E-state index contributed by atoms with van der Waals surface area (Å²) in [5.74, 6) is 0.647. The molecule has 0 aromatic carbocycles. The van der Waals surface area contributed by atoms with E-state index in [1.165, 1.54) is 19.3 Å². The Morgan fingerprint density at radius 1 is 1.36 bits per heavy atom. The van der Waals surface area contributed by atoms with Crippen LogP contribution in [-0.4, -0.2) is 24.7 Å². The smallest absolute Gasteiger partial charge is 0.197 e. The Kier molecular flexibility index (Phi) is 8.22. The van der Waals surface area contributed by atoms with Crippen molar-refractivity contribution in [1.82, 2.24) is 10.6 Å².